The van der Waals surface area contributed by atoms with Crippen LogP contribution in [0.3, 0.4) is 0 Å². The first-order valence-electron chi connectivity index (χ1n) is 7.17. The van der Waals surface area contributed by atoms with Crippen molar-refractivity contribution in [2.24, 2.45) is 0 Å². The maximum Gasteiger partial charge on any atom is 0.417 e. The minimum absolute atomic E-state index is 0.116. The standard InChI is InChI=1S/C14H13ClF3N3O3/c15-9-6-10-11(5-8(9)14(16,17)18)21(12(22)19-10)7-1-3-20(4-2-7)13(23)24/h5-7H,1-4H2,(H,19,22)(H,23,24). The Labute approximate surface area is 138 Å². The fourth-order valence-corrected chi connectivity index (χ4v) is 3.31. The molecule has 24 heavy (non-hydrogen) atoms. The Morgan fingerprint density at radius 1 is 1.29 bits per heavy atom. The second kappa shape index (κ2) is 5.73. The van der Waals surface area contributed by atoms with Crippen LogP contribution in [-0.4, -0.2) is 38.7 Å². The SMILES string of the molecule is O=C(O)N1CCC(n2c(=O)[nH]c3cc(Cl)c(C(F)(F)F)cc32)CC1. The summed E-state index contributed by atoms with van der Waals surface area (Å²) in [7, 11) is 0. The fraction of sp³-hybridized carbons (Fsp3) is 0.429. The lowest BCUT2D eigenvalue weighted by Crippen LogP contribution is -2.39. The number of hydrogen-bond acceptors (Lipinski definition) is 2. The maximum atomic E-state index is 13.0. The van der Waals surface area contributed by atoms with E-state index in [9.17, 15) is 22.8 Å². The third-order valence-electron chi connectivity index (χ3n) is 4.21. The molecule has 0 spiro atoms. The van der Waals surface area contributed by atoms with E-state index in [0.717, 1.165) is 12.1 Å². The van der Waals surface area contributed by atoms with Gasteiger partial charge >= 0.3 is 18.0 Å². The molecule has 10 heteroatoms. The molecule has 0 atom stereocenters. The molecule has 2 N–H and O–H groups in total. The number of hydrogen-bond donors (Lipinski definition) is 2. The molecule has 3 rings (SSSR count). The third-order valence-corrected chi connectivity index (χ3v) is 4.52. The molecule has 1 fully saturated rings. The van der Waals surface area contributed by atoms with E-state index in [1.165, 1.54) is 9.47 Å². The van der Waals surface area contributed by atoms with E-state index < -0.39 is 28.5 Å². The Balaban J connectivity index is 2.04. The number of rotatable bonds is 1. The van der Waals surface area contributed by atoms with Crippen molar-refractivity contribution in [1.82, 2.24) is 14.5 Å². The van der Waals surface area contributed by atoms with Gasteiger partial charge in [0.15, 0.2) is 0 Å². The van der Waals surface area contributed by atoms with Gasteiger partial charge in [0.05, 0.1) is 21.6 Å². The molecule has 0 saturated carbocycles. The summed E-state index contributed by atoms with van der Waals surface area (Å²) in [6.07, 6.45) is -4.98. The van der Waals surface area contributed by atoms with Gasteiger partial charge in [0, 0.05) is 19.1 Å². The topological polar surface area (TPSA) is 78.3 Å². The zero-order valence-electron chi connectivity index (χ0n) is 12.2. The third kappa shape index (κ3) is 2.83. The fourth-order valence-electron chi connectivity index (χ4n) is 3.04. The molecule has 1 saturated heterocycles. The van der Waals surface area contributed by atoms with Crippen molar-refractivity contribution >= 4 is 28.7 Å². The molecule has 0 aliphatic carbocycles. The average molecular weight is 364 g/mol. The molecule has 1 aromatic heterocycles. The lowest BCUT2D eigenvalue weighted by molar-refractivity contribution is -0.137. The summed E-state index contributed by atoms with van der Waals surface area (Å²) in [5.74, 6) is 0. The van der Waals surface area contributed by atoms with Crippen molar-refractivity contribution in [3.05, 3.63) is 33.2 Å². The van der Waals surface area contributed by atoms with E-state index >= 15 is 0 Å². The summed E-state index contributed by atoms with van der Waals surface area (Å²) in [6.45, 7) is 0.442. The summed E-state index contributed by atoms with van der Waals surface area (Å²) < 4.78 is 40.4. The number of amides is 1. The molecule has 0 bridgehead atoms. The molecule has 2 heterocycles. The second-order valence-corrected chi connectivity index (χ2v) is 6.06. The minimum atomic E-state index is -4.63. The highest BCUT2D eigenvalue weighted by Crippen LogP contribution is 2.37. The number of halogens is 4. The summed E-state index contributed by atoms with van der Waals surface area (Å²) in [4.78, 5) is 26.8. The van der Waals surface area contributed by atoms with Gasteiger partial charge in [-0.1, -0.05) is 11.6 Å². The molecule has 0 radical (unpaired) electrons. The van der Waals surface area contributed by atoms with Crippen LogP contribution >= 0.6 is 11.6 Å². The Hall–Kier alpha value is -2.16. The number of benzene rings is 1. The molecule has 2 aromatic rings. The highest BCUT2D eigenvalue weighted by atomic mass is 35.5. The number of fused-ring (bicyclic) bond motifs is 1. The van der Waals surface area contributed by atoms with Crippen LogP contribution in [-0.2, 0) is 6.18 Å². The van der Waals surface area contributed by atoms with E-state index in [-0.39, 0.29) is 30.2 Å². The number of nitrogens with one attached hydrogen (secondary N) is 1. The maximum absolute atomic E-state index is 13.0. The number of H-pyrrole nitrogens is 1. The monoisotopic (exact) mass is 363 g/mol. The summed E-state index contributed by atoms with van der Waals surface area (Å²) in [5, 5.41) is 8.47. The number of piperidine rings is 1. The minimum Gasteiger partial charge on any atom is -0.465 e. The second-order valence-electron chi connectivity index (χ2n) is 5.65. The number of imidazole rings is 1. The number of aromatic nitrogens is 2. The van der Waals surface area contributed by atoms with Gasteiger partial charge in [-0.3, -0.25) is 4.57 Å². The summed E-state index contributed by atoms with van der Waals surface area (Å²) in [5.41, 5.74) is -1.20. The van der Waals surface area contributed by atoms with Crippen molar-refractivity contribution in [1.29, 1.82) is 0 Å². The van der Waals surface area contributed by atoms with Crippen LogP contribution in [0.2, 0.25) is 5.02 Å². The predicted molar refractivity (Wildman–Crippen MR) is 80.4 cm³/mol. The highest BCUT2D eigenvalue weighted by molar-refractivity contribution is 6.32. The predicted octanol–water partition coefficient (Wildman–Crippen LogP) is 3.32. The van der Waals surface area contributed by atoms with Crippen LogP contribution < -0.4 is 5.69 Å². The van der Waals surface area contributed by atoms with Gasteiger partial charge in [-0.25, -0.2) is 9.59 Å². The summed E-state index contributed by atoms with van der Waals surface area (Å²) >= 11 is 5.67. The molecule has 130 valence electrons. The quantitative estimate of drug-likeness (QED) is 0.815. The van der Waals surface area contributed by atoms with Crippen LogP contribution in [0.25, 0.3) is 11.0 Å². The molecule has 1 amide bonds. The van der Waals surface area contributed by atoms with Gasteiger partial charge in [-0.15, -0.1) is 0 Å². The lowest BCUT2D eigenvalue weighted by Gasteiger charge is -2.30. The molecule has 1 aromatic carbocycles. The van der Waals surface area contributed by atoms with Crippen molar-refractivity contribution in [2.75, 3.05) is 13.1 Å². The normalized spacial score (nSPS) is 16.8. The highest BCUT2D eigenvalue weighted by Gasteiger charge is 2.34. The summed E-state index contributed by atoms with van der Waals surface area (Å²) in [6, 6.07) is 1.58. The smallest absolute Gasteiger partial charge is 0.417 e. The van der Waals surface area contributed by atoms with Gasteiger partial charge in [0.25, 0.3) is 0 Å². The lowest BCUT2D eigenvalue weighted by atomic mass is 10.0. The van der Waals surface area contributed by atoms with Crippen molar-refractivity contribution in [3.63, 3.8) is 0 Å². The van der Waals surface area contributed by atoms with Gasteiger partial charge in [-0.05, 0) is 25.0 Å². The number of nitrogens with zero attached hydrogens (tertiary/aromatic N) is 2. The molecule has 1 aliphatic rings. The van der Waals surface area contributed by atoms with E-state index in [1.807, 2.05) is 0 Å². The Morgan fingerprint density at radius 3 is 2.46 bits per heavy atom. The van der Waals surface area contributed by atoms with Crippen molar-refractivity contribution in [2.45, 2.75) is 25.1 Å². The van der Waals surface area contributed by atoms with Crippen LogP contribution in [0.1, 0.15) is 24.4 Å². The van der Waals surface area contributed by atoms with E-state index in [2.05, 4.69) is 4.98 Å². The van der Waals surface area contributed by atoms with Crippen LogP contribution in [0, 0.1) is 0 Å². The Kier molecular flexibility index (Phi) is 3.98. The number of carboxylic acid groups (broad SMARTS) is 1. The van der Waals surface area contributed by atoms with Crippen LogP contribution in [0.5, 0.6) is 0 Å². The van der Waals surface area contributed by atoms with Gasteiger partial charge in [-0.2, -0.15) is 13.2 Å². The van der Waals surface area contributed by atoms with E-state index in [1.54, 1.807) is 0 Å². The van der Waals surface area contributed by atoms with E-state index in [0.29, 0.717) is 12.8 Å². The Bertz CT molecular complexity index is 851. The van der Waals surface area contributed by atoms with Gasteiger partial charge in [0.1, 0.15) is 0 Å². The molecule has 0 unspecified atom stereocenters. The van der Waals surface area contributed by atoms with Gasteiger partial charge in [0.2, 0.25) is 0 Å². The van der Waals surface area contributed by atoms with Crippen LogP contribution in [0.15, 0.2) is 16.9 Å². The van der Waals surface area contributed by atoms with E-state index in [4.69, 9.17) is 16.7 Å². The molecule has 1 aliphatic heterocycles. The zero-order chi connectivity index (χ0) is 17.6. The number of likely N-dealkylation sites (tertiary alicyclic amines) is 1. The Morgan fingerprint density at radius 2 is 1.92 bits per heavy atom. The first kappa shape index (κ1) is 16.7. The van der Waals surface area contributed by atoms with Crippen molar-refractivity contribution in [3.8, 4) is 0 Å². The van der Waals surface area contributed by atoms with Crippen molar-refractivity contribution < 1.29 is 23.1 Å². The van der Waals surface area contributed by atoms with Crippen LogP contribution in [0.4, 0.5) is 18.0 Å². The van der Waals surface area contributed by atoms with Gasteiger partial charge < -0.3 is 15.0 Å². The number of carbonyl (C=O) groups is 1. The number of aromatic amines is 1. The number of alkyl halides is 3. The average Bonchev–Trinajstić information content (AvgIpc) is 2.80. The molecular weight excluding hydrogens is 351 g/mol. The first-order chi connectivity index (χ1) is 11.2. The first-order valence-corrected chi connectivity index (χ1v) is 7.55. The molecular formula is C14H13ClF3N3O3. The largest absolute Gasteiger partial charge is 0.465 e. The molecule has 6 nitrogen and oxygen atoms in total. The zero-order valence-corrected chi connectivity index (χ0v) is 13.0.